The van der Waals surface area contributed by atoms with E-state index in [1.165, 1.54) is 0 Å². The molecule has 0 aromatic heterocycles. The third-order valence-electron chi connectivity index (χ3n) is 1.14. The van der Waals surface area contributed by atoms with E-state index >= 15 is 0 Å². The fraction of sp³-hybridized carbons (Fsp3) is 0.231. The molecule has 2 heteroatoms. The van der Waals surface area contributed by atoms with Gasteiger partial charge in [-0.15, -0.1) is 11.6 Å². The lowest BCUT2D eigenvalue weighted by Gasteiger charge is -1.92. The van der Waals surface area contributed by atoms with Crippen LogP contribution in [-0.2, 0) is 0 Å². The van der Waals surface area contributed by atoms with Crippen LogP contribution in [0.2, 0.25) is 0 Å². The summed E-state index contributed by atoms with van der Waals surface area (Å²) < 4.78 is 0. The Hall–Kier alpha value is -1.59. The quantitative estimate of drug-likeness (QED) is 0.553. The summed E-state index contributed by atoms with van der Waals surface area (Å²) >= 11 is 5.59. The summed E-state index contributed by atoms with van der Waals surface area (Å²) in [6, 6.07) is 0. The van der Waals surface area contributed by atoms with Gasteiger partial charge in [0.2, 0.25) is 0 Å². The molecule has 0 radical (unpaired) electrons. The molecule has 0 aliphatic heterocycles. The molecule has 0 saturated carbocycles. The minimum absolute atomic E-state index is 0.0970. The molecule has 0 saturated heterocycles. The van der Waals surface area contributed by atoms with E-state index in [0.717, 1.165) is 0 Å². The summed E-state index contributed by atoms with van der Waals surface area (Å²) in [7, 11) is 0. The average molecular weight is 219 g/mol. The number of halogens is 1. The first-order valence-corrected chi connectivity index (χ1v) is 4.78. The molecule has 0 aliphatic carbocycles. The lowest BCUT2D eigenvalue weighted by molar-refractivity contribution is 0.305. The highest BCUT2D eigenvalue weighted by Crippen LogP contribution is 1.94. The van der Waals surface area contributed by atoms with Crippen molar-refractivity contribution in [2.24, 2.45) is 0 Å². The summed E-state index contributed by atoms with van der Waals surface area (Å²) in [5, 5.41) is 8.19. The smallest absolute Gasteiger partial charge is 0.0756 e. The zero-order chi connectivity index (χ0) is 11.4. The van der Waals surface area contributed by atoms with Gasteiger partial charge >= 0.3 is 0 Å². The van der Waals surface area contributed by atoms with Gasteiger partial charge in [-0.2, -0.15) is 0 Å². The molecule has 0 rings (SSSR count). The predicted molar refractivity (Wildman–Crippen MR) is 64.0 cm³/mol. The first kappa shape index (κ1) is 13.4. The summed E-state index contributed by atoms with van der Waals surface area (Å²) in [5.41, 5.74) is 0. The summed E-state index contributed by atoms with van der Waals surface area (Å²) in [4.78, 5) is 0. The van der Waals surface area contributed by atoms with E-state index in [1.807, 2.05) is 13.0 Å². The molecule has 15 heavy (non-hydrogen) atoms. The highest BCUT2D eigenvalue weighted by Gasteiger charge is 1.91. The number of alkyl halides is 1. The number of allylic oxidation sites excluding steroid dienone is 3. The molecule has 0 aliphatic rings. The van der Waals surface area contributed by atoms with Crippen molar-refractivity contribution in [3.8, 4) is 35.5 Å². The molecule has 1 N–H and O–H groups in total. The van der Waals surface area contributed by atoms with Crippen molar-refractivity contribution >= 4 is 11.6 Å². The molecule has 0 spiro atoms. The second kappa shape index (κ2) is 10.5. The maximum absolute atomic E-state index is 8.57. The molecule has 0 fully saturated rings. The molecule has 1 atom stereocenters. The van der Waals surface area contributed by atoms with Crippen LogP contribution in [-0.4, -0.2) is 17.1 Å². The lowest BCUT2D eigenvalue weighted by Crippen LogP contribution is -1.98. The summed E-state index contributed by atoms with van der Waals surface area (Å²) in [5.74, 6) is 15.7. The van der Waals surface area contributed by atoms with E-state index < -0.39 is 0 Å². The Bertz CT molecular complexity index is 399. The van der Waals surface area contributed by atoms with Crippen LogP contribution in [0.15, 0.2) is 24.3 Å². The van der Waals surface area contributed by atoms with Crippen LogP contribution in [0.25, 0.3) is 0 Å². The molecule has 76 valence electrons. The van der Waals surface area contributed by atoms with Gasteiger partial charge in [-0.05, 0) is 42.8 Å². The van der Waals surface area contributed by atoms with Crippen molar-refractivity contribution < 1.29 is 5.11 Å². The topological polar surface area (TPSA) is 20.2 Å². The van der Waals surface area contributed by atoms with E-state index in [1.54, 1.807) is 18.2 Å². The van der Waals surface area contributed by atoms with Gasteiger partial charge in [0, 0.05) is 0 Å². The minimum atomic E-state index is -0.387. The fourth-order valence-corrected chi connectivity index (χ4v) is 0.587. The fourth-order valence-electron chi connectivity index (χ4n) is 0.515. The zero-order valence-electron chi connectivity index (χ0n) is 8.42. The van der Waals surface area contributed by atoms with E-state index in [0.29, 0.717) is 0 Å². The summed E-state index contributed by atoms with van der Waals surface area (Å²) in [6.45, 7) is 1.79. The van der Waals surface area contributed by atoms with Crippen LogP contribution >= 0.6 is 11.6 Å². The van der Waals surface area contributed by atoms with E-state index in [4.69, 9.17) is 16.7 Å². The maximum Gasteiger partial charge on any atom is 0.0756 e. The van der Waals surface area contributed by atoms with E-state index in [9.17, 15) is 0 Å². The standard InChI is InChI=1S/C13H11ClO/c1-2-3-4-5-6-7-8-9-10-11-13(14)12-15/h2-3,10-11,13,15H,12H2,1H3/b3-2+,11-10+/t13-/m0/s1. The van der Waals surface area contributed by atoms with Crippen LogP contribution < -0.4 is 0 Å². The number of hydrogen-bond donors (Lipinski definition) is 1. The average Bonchev–Trinajstić information content (AvgIpc) is 2.26. The van der Waals surface area contributed by atoms with Crippen molar-refractivity contribution in [1.82, 2.24) is 0 Å². The second-order valence-corrected chi connectivity index (χ2v) is 2.91. The molecular formula is C13H11ClO. The van der Waals surface area contributed by atoms with Crippen molar-refractivity contribution in [1.29, 1.82) is 0 Å². The highest BCUT2D eigenvalue weighted by atomic mass is 35.5. The molecule has 0 amide bonds. The number of aliphatic hydroxyl groups excluding tert-OH is 1. The largest absolute Gasteiger partial charge is 0.395 e. The van der Waals surface area contributed by atoms with Crippen molar-refractivity contribution in [2.75, 3.05) is 6.61 Å². The minimum Gasteiger partial charge on any atom is -0.395 e. The van der Waals surface area contributed by atoms with Gasteiger partial charge in [0.05, 0.1) is 12.0 Å². The number of rotatable bonds is 2. The van der Waals surface area contributed by atoms with Crippen molar-refractivity contribution in [3.05, 3.63) is 24.3 Å². The van der Waals surface area contributed by atoms with Gasteiger partial charge in [0.25, 0.3) is 0 Å². The second-order valence-electron chi connectivity index (χ2n) is 2.35. The first-order chi connectivity index (χ1) is 7.31. The zero-order valence-corrected chi connectivity index (χ0v) is 9.17. The molecule has 1 nitrogen and oxygen atoms in total. The Morgan fingerprint density at radius 3 is 2.27 bits per heavy atom. The summed E-state index contributed by atoms with van der Waals surface area (Å²) in [6.07, 6.45) is 6.70. The molecule has 0 aromatic carbocycles. The van der Waals surface area contributed by atoms with Gasteiger partial charge in [0.15, 0.2) is 0 Å². The van der Waals surface area contributed by atoms with Crippen LogP contribution in [0.5, 0.6) is 0 Å². The van der Waals surface area contributed by atoms with Crippen LogP contribution in [0.4, 0.5) is 0 Å². The van der Waals surface area contributed by atoms with Gasteiger partial charge < -0.3 is 5.11 Å². The van der Waals surface area contributed by atoms with Gasteiger partial charge in [-0.1, -0.05) is 24.0 Å². The molecule has 0 unspecified atom stereocenters. The van der Waals surface area contributed by atoms with Gasteiger partial charge in [0.1, 0.15) is 0 Å². The monoisotopic (exact) mass is 218 g/mol. The normalized spacial score (nSPS) is 10.9. The predicted octanol–water partition coefficient (Wildman–Crippen LogP) is 1.73. The molecule has 0 bridgehead atoms. The molecule has 0 aromatic rings. The van der Waals surface area contributed by atoms with Crippen molar-refractivity contribution in [3.63, 3.8) is 0 Å². The Balaban J connectivity index is 4.01. The highest BCUT2D eigenvalue weighted by molar-refractivity contribution is 6.21. The Morgan fingerprint density at radius 1 is 1.13 bits per heavy atom. The van der Waals surface area contributed by atoms with Gasteiger partial charge in [-0.3, -0.25) is 0 Å². The maximum atomic E-state index is 8.57. The molecule has 0 heterocycles. The number of hydrogen-bond acceptors (Lipinski definition) is 1. The van der Waals surface area contributed by atoms with Gasteiger partial charge in [-0.25, -0.2) is 0 Å². The van der Waals surface area contributed by atoms with E-state index in [2.05, 4.69) is 35.5 Å². The SMILES string of the molecule is C/C=C/C#CC#CC#C/C=C/[C@H](Cl)CO. The van der Waals surface area contributed by atoms with Crippen LogP contribution in [0.1, 0.15) is 6.92 Å². The molecular weight excluding hydrogens is 208 g/mol. The van der Waals surface area contributed by atoms with Crippen LogP contribution in [0.3, 0.4) is 0 Å². The Labute approximate surface area is 95.8 Å². The van der Waals surface area contributed by atoms with E-state index in [-0.39, 0.29) is 12.0 Å². The lowest BCUT2D eigenvalue weighted by atomic mass is 10.4. The third kappa shape index (κ3) is 10.3. The third-order valence-corrected chi connectivity index (χ3v) is 1.43. The Morgan fingerprint density at radius 2 is 1.73 bits per heavy atom. The first-order valence-electron chi connectivity index (χ1n) is 4.35. The van der Waals surface area contributed by atoms with Crippen molar-refractivity contribution in [2.45, 2.75) is 12.3 Å². The van der Waals surface area contributed by atoms with Crippen LogP contribution in [0, 0.1) is 35.5 Å². The Kier molecular flexibility index (Phi) is 9.38. The number of aliphatic hydroxyl groups is 1.